The third-order valence-electron chi connectivity index (χ3n) is 5.20. The molecule has 1 aromatic heterocycles. The van der Waals surface area contributed by atoms with Gasteiger partial charge < -0.3 is 10.2 Å². The van der Waals surface area contributed by atoms with Crippen LogP contribution in [-0.4, -0.2) is 39.5 Å². The summed E-state index contributed by atoms with van der Waals surface area (Å²) in [4.78, 5) is 27.3. The Hall–Kier alpha value is -2.28. The summed E-state index contributed by atoms with van der Waals surface area (Å²) in [6, 6.07) is 9.86. The Morgan fingerprint density at radius 3 is 2.42 bits per heavy atom. The first-order valence-electron chi connectivity index (χ1n) is 11.1. The molecule has 0 saturated carbocycles. The maximum Gasteiger partial charge on any atom is 0.227 e. The first-order chi connectivity index (χ1) is 14.6. The van der Waals surface area contributed by atoms with Crippen molar-refractivity contribution in [2.75, 3.05) is 11.9 Å². The Bertz CT molecular complexity index is 845. The van der Waals surface area contributed by atoms with Gasteiger partial charge in [-0.15, -0.1) is 10.2 Å². The fraction of sp³-hybridized carbons (Fsp3) is 0.583. The van der Waals surface area contributed by atoms with Gasteiger partial charge in [0.2, 0.25) is 16.9 Å². The summed E-state index contributed by atoms with van der Waals surface area (Å²) in [5.41, 5.74) is 1.17. The third-order valence-corrected chi connectivity index (χ3v) is 6.09. The summed E-state index contributed by atoms with van der Waals surface area (Å²) in [5, 5.41) is 12.3. The molecule has 170 valence electrons. The highest BCUT2D eigenvalue weighted by atomic mass is 32.1. The van der Waals surface area contributed by atoms with Crippen LogP contribution in [-0.2, 0) is 9.59 Å². The molecule has 6 nitrogen and oxygen atoms in total. The molecule has 2 amide bonds. The molecule has 0 fully saturated rings. The van der Waals surface area contributed by atoms with E-state index in [9.17, 15) is 9.59 Å². The molecule has 2 atom stereocenters. The van der Waals surface area contributed by atoms with E-state index in [0.717, 1.165) is 23.4 Å². The van der Waals surface area contributed by atoms with Gasteiger partial charge in [0.15, 0.2) is 0 Å². The summed E-state index contributed by atoms with van der Waals surface area (Å²) in [5.74, 6) is 0.284. The Kier molecular flexibility index (Phi) is 9.16. The maximum absolute atomic E-state index is 12.9. The number of benzene rings is 1. The van der Waals surface area contributed by atoms with E-state index >= 15 is 0 Å². The average Bonchev–Trinajstić information content (AvgIpc) is 3.15. The van der Waals surface area contributed by atoms with E-state index in [1.165, 1.54) is 11.3 Å². The highest BCUT2D eigenvalue weighted by Gasteiger charge is 2.24. The molecule has 2 aromatic rings. The second-order valence-corrected chi connectivity index (χ2v) is 10.5. The summed E-state index contributed by atoms with van der Waals surface area (Å²) < 4.78 is 0. The van der Waals surface area contributed by atoms with E-state index in [4.69, 9.17) is 0 Å². The molecule has 1 heterocycles. The smallest absolute Gasteiger partial charge is 0.227 e. The quantitative estimate of drug-likeness (QED) is 0.516. The lowest BCUT2D eigenvalue weighted by atomic mass is 9.84. The van der Waals surface area contributed by atoms with Crippen LogP contribution < -0.4 is 5.32 Å². The highest BCUT2D eigenvalue weighted by Crippen LogP contribution is 2.27. The molecule has 0 bridgehead atoms. The van der Waals surface area contributed by atoms with Crippen LogP contribution in [0.25, 0.3) is 10.6 Å². The molecule has 1 aromatic carbocycles. The second kappa shape index (κ2) is 11.4. The van der Waals surface area contributed by atoms with Gasteiger partial charge in [0.05, 0.1) is 0 Å². The topological polar surface area (TPSA) is 75.2 Å². The van der Waals surface area contributed by atoms with Crippen LogP contribution in [0.4, 0.5) is 5.13 Å². The van der Waals surface area contributed by atoms with Gasteiger partial charge in [0, 0.05) is 31.0 Å². The van der Waals surface area contributed by atoms with E-state index in [1.807, 2.05) is 42.2 Å². The van der Waals surface area contributed by atoms with Crippen LogP contribution >= 0.6 is 11.3 Å². The Labute approximate surface area is 190 Å². The Balaban J connectivity index is 1.92. The predicted octanol–water partition coefficient (Wildman–Crippen LogP) is 5.62. The zero-order valence-corrected chi connectivity index (χ0v) is 20.5. The van der Waals surface area contributed by atoms with Crippen LogP contribution in [0, 0.1) is 11.3 Å². The van der Waals surface area contributed by atoms with Crippen LogP contribution in [0.5, 0.6) is 0 Å². The highest BCUT2D eigenvalue weighted by molar-refractivity contribution is 7.18. The second-order valence-electron chi connectivity index (χ2n) is 9.50. The predicted molar refractivity (Wildman–Crippen MR) is 128 cm³/mol. The number of nitrogens with one attached hydrogen (secondary N) is 1. The van der Waals surface area contributed by atoms with Gasteiger partial charge in [-0.3, -0.25) is 9.59 Å². The molecule has 0 aliphatic heterocycles. The lowest BCUT2D eigenvalue weighted by molar-refractivity contribution is -0.134. The Morgan fingerprint density at radius 2 is 1.81 bits per heavy atom. The monoisotopic (exact) mass is 444 g/mol. The zero-order valence-electron chi connectivity index (χ0n) is 19.6. The molecular weight excluding hydrogens is 408 g/mol. The van der Waals surface area contributed by atoms with E-state index in [-0.39, 0.29) is 29.7 Å². The molecule has 0 aliphatic rings. The summed E-state index contributed by atoms with van der Waals surface area (Å²) in [7, 11) is 0. The number of anilines is 1. The van der Waals surface area contributed by atoms with Crippen molar-refractivity contribution >= 4 is 28.3 Å². The normalized spacial score (nSPS) is 13.5. The number of rotatable bonds is 10. The maximum atomic E-state index is 12.9. The number of aromatic nitrogens is 2. The van der Waals surface area contributed by atoms with Crippen molar-refractivity contribution < 1.29 is 9.59 Å². The fourth-order valence-electron chi connectivity index (χ4n) is 3.72. The van der Waals surface area contributed by atoms with Crippen LogP contribution in [0.15, 0.2) is 30.3 Å². The van der Waals surface area contributed by atoms with Crippen LogP contribution in [0.1, 0.15) is 67.2 Å². The molecule has 2 rings (SSSR count). The van der Waals surface area contributed by atoms with Gasteiger partial charge in [-0.05, 0) is 31.1 Å². The first-order valence-corrected chi connectivity index (χ1v) is 11.9. The largest absolute Gasteiger partial charge is 0.339 e. The van der Waals surface area contributed by atoms with E-state index < -0.39 is 0 Å². The van der Waals surface area contributed by atoms with Gasteiger partial charge in [-0.25, -0.2) is 0 Å². The molecule has 7 heteroatoms. The molecule has 31 heavy (non-hydrogen) atoms. The van der Waals surface area contributed by atoms with Gasteiger partial charge in [0.25, 0.3) is 0 Å². The lowest BCUT2D eigenvalue weighted by Gasteiger charge is -2.31. The summed E-state index contributed by atoms with van der Waals surface area (Å²) >= 11 is 1.34. The van der Waals surface area contributed by atoms with E-state index in [1.54, 1.807) is 0 Å². The van der Waals surface area contributed by atoms with E-state index in [2.05, 4.69) is 50.1 Å². The van der Waals surface area contributed by atoms with Crippen molar-refractivity contribution in [3.8, 4) is 10.6 Å². The minimum atomic E-state index is -0.153. The molecule has 0 aliphatic carbocycles. The van der Waals surface area contributed by atoms with Crippen LogP contribution in [0.3, 0.4) is 0 Å². The molecule has 0 radical (unpaired) electrons. The lowest BCUT2D eigenvalue weighted by Crippen LogP contribution is -2.41. The number of carbonyl (C=O) groups excluding carboxylic acids is 2. The van der Waals surface area contributed by atoms with Crippen molar-refractivity contribution in [3.63, 3.8) is 0 Å². The molecule has 0 spiro atoms. The average molecular weight is 445 g/mol. The summed E-state index contributed by atoms with van der Waals surface area (Å²) in [6.07, 6.45) is 2.61. The Morgan fingerprint density at radius 1 is 1.13 bits per heavy atom. The van der Waals surface area contributed by atoms with Gasteiger partial charge in [-0.2, -0.15) is 0 Å². The number of amides is 2. The van der Waals surface area contributed by atoms with Gasteiger partial charge in [0.1, 0.15) is 5.01 Å². The molecule has 0 saturated heterocycles. The fourth-order valence-corrected chi connectivity index (χ4v) is 4.48. The van der Waals surface area contributed by atoms with E-state index in [0.29, 0.717) is 24.0 Å². The van der Waals surface area contributed by atoms with Gasteiger partial charge in [-0.1, -0.05) is 76.3 Å². The number of nitrogens with zero attached hydrogens (tertiary/aromatic N) is 3. The van der Waals surface area contributed by atoms with Crippen molar-refractivity contribution in [2.24, 2.45) is 11.3 Å². The minimum Gasteiger partial charge on any atom is -0.339 e. The number of hydrogen-bond donors (Lipinski definition) is 1. The van der Waals surface area contributed by atoms with Crippen molar-refractivity contribution in [1.29, 1.82) is 0 Å². The number of carbonyl (C=O) groups is 2. The third kappa shape index (κ3) is 8.40. The van der Waals surface area contributed by atoms with Gasteiger partial charge >= 0.3 is 0 Å². The molecule has 1 N–H and O–H groups in total. The first kappa shape index (κ1) is 25.0. The minimum absolute atomic E-state index is 0.105. The SMILES string of the molecule is CCC(C)N(CCC(=O)Nc1nnc(-c2ccccc2)s1)C(=O)CC(C)CC(C)(C)C. The standard InChI is InChI=1S/C24H36N4O2S/c1-7-18(3)28(21(30)15-17(2)16-24(4,5)6)14-13-20(29)25-23-27-26-22(31-23)19-11-9-8-10-12-19/h8-12,17-18H,7,13-16H2,1-6H3,(H,25,27,29). The van der Waals surface area contributed by atoms with Crippen molar-refractivity contribution in [1.82, 2.24) is 15.1 Å². The van der Waals surface area contributed by atoms with Crippen molar-refractivity contribution in [3.05, 3.63) is 30.3 Å². The van der Waals surface area contributed by atoms with Crippen LogP contribution in [0.2, 0.25) is 0 Å². The molecular formula is C24H36N4O2S. The van der Waals surface area contributed by atoms with Crippen molar-refractivity contribution in [2.45, 2.75) is 73.3 Å². The number of hydrogen-bond acceptors (Lipinski definition) is 5. The summed E-state index contributed by atoms with van der Waals surface area (Å²) in [6.45, 7) is 13.2. The molecule has 2 unspecified atom stereocenters. The zero-order chi connectivity index (χ0) is 23.0.